The van der Waals surface area contributed by atoms with Crippen LogP contribution in [-0.4, -0.2) is 21.2 Å². The van der Waals surface area contributed by atoms with Crippen molar-refractivity contribution < 1.29 is 0 Å². The predicted molar refractivity (Wildman–Crippen MR) is 38.2 cm³/mol. The minimum atomic E-state index is 0.952. The van der Waals surface area contributed by atoms with Gasteiger partial charge in [0.25, 0.3) is 0 Å². The van der Waals surface area contributed by atoms with Crippen molar-refractivity contribution >= 4 is 11.8 Å². The molecule has 0 atom stereocenters. The molecule has 0 radical (unpaired) electrons. The number of thioether (sulfide) groups is 1. The molecular weight excluding hydrogens is 134 g/mol. The van der Waals surface area contributed by atoms with E-state index in [0.717, 1.165) is 11.4 Å². The molecule has 1 aromatic rings. The molecule has 0 aliphatic rings. The van der Waals surface area contributed by atoms with E-state index >= 15 is 0 Å². The highest BCUT2D eigenvalue weighted by Gasteiger charge is 1.93. The van der Waals surface area contributed by atoms with Crippen LogP contribution in [0.5, 0.6) is 0 Å². The molecule has 1 rings (SSSR count). The van der Waals surface area contributed by atoms with Gasteiger partial charge in [0, 0.05) is 12.8 Å². The van der Waals surface area contributed by atoms with E-state index in [9.17, 15) is 0 Å². The summed E-state index contributed by atoms with van der Waals surface area (Å²) in [5.41, 5.74) is 1.05. The first-order valence-electron chi connectivity index (χ1n) is 2.67. The molecule has 0 aromatic carbocycles. The van der Waals surface area contributed by atoms with Gasteiger partial charge in [-0.25, -0.2) is 0 Å². The number of hydrogen-bond donors (Lipinski definition) is 0. The summed E-state index contributed by atoms with van der Waals surface area (Å²) in [5.74, 6) is 0.952. The van der Waals surface area contributed by atoms with Crippen LogP contribution in [-0.2, 0) is 12.8 Å². The van der Waals surface area contributed by atoms with E-state index in [0.29, 0.717) is 0 Å². The molecular formula is C5H9N3S. The van der Waals surface area contributed by atoms with Gasteiger partial charge in [-0.05, 0) is 6.26 Å². The summed E-state index contributed by atoms with van der Waals surface area (Å²) in [4.78, 5) is 1.57. The van der Waals surface area contributed by atoms with Crippen LogP contribution in [0.15, 0.2) is 6.20 Å². The molecule has 0 spiro atoms. The molecule has 0 unspecified atom stereocenters. The van der Waals surface area contributed by atoms with E-state index in [1.807, 2.05) is 7.05 Å². The van der Waals surface area contributed by atoms with Gasteiger partial charge >= 0.3 is 0 Å². The molecule has 0 aliphatic carbocycles. The molecule has 0 saturated heterocycles. The Labute approximate surface area is 58.4 Å². The molecule has 50 valence electrons. The second kappa shape index (κ2) is 2.87. The standard InChI is InChI=1S/C5H9N3S/c1-8-6-3-5(7-8)4-9-2/h3H,4H2,1-2H3. The third-order valence-corrected chi connectivity index (χ3v) is 1.52. The van der Waals surface area contributed by atoms with E-state index in [-0.39, 0.29) is 0 Å². The average molecular weight is 143 g/mol. The van der Waals surface area contributed by atoms with Crippen molar-refractivity contribution in [3.8, 4) is 0 Å². The zero-order valence-corrected chi connectivity index (χ0v) is 6.35. The Morgan fingerprint density at radius 1 is 1.78 bits per heavy atom. The maximum absolute atomic E-state index is 4.09. The highest BCUT2D eigenvalue weighted by molar-refractivity contribution is 7.97. The van der Waals surface area contributed by atoms with Gasteiger partial charge in [0.15, 0.2) is 0 Å². The van der Waals surface area contributed by atoms with Crippen LogP contribution in [0.1, 0.15) is 5.69 Å². The van der Waals surface area contributed by atoms with E-state index < -0.39 is 0 Å². The zero-order chi connectivity index (χ0) is 6.69. The fraction of sp³-hybridized carbons (Fsp3) is 0.600. The minimum Gasteiger partial charge on any atom is -0.188 e. The van der Waals surface area contributed by atoms with Crippen LogP contribution >= 0.6 is 11.8 Å². The highest BCUT2D eigenvalue weighted by Crippen LogP contribution is 2.02. The van der Waals surface area contributed by atoms with E-state index in [2.05, 4.69) is 16.5 Å². The fourth-order valence-electron chi connectivity index (χ4n) is 0.602. The van der Waals surface area contributed by atoms with Crippen molar-refractivity contribution in [2.24, 2.45) is 7.05 Å². The van der Waals surface area contributed by atoms with Gasteiger partial charge < -0.3 is 0 Å². The first-order valence-corrected chi connectivity index (χ1v) is 4.06. The Balaban J connectivity index is 2.61. The van der Waals surface area contributed by atoms with Crippen LogP contribution in [0.4, 0.5) is 0 Å². The Morgan fingerprint density at radius 3 is 3.00 bits per heavy atom. The average Bonchev–Trinajstić information content (AvgIpc) is 2.17. The van der Waals surface area contributed by atoms with Gasteiger partial charge in [0.1, 0.15) is 0 Å². The van der Waals surface area contributed by atoms with Crippen LogP contribution in [0.2, 0.25) is 0 Å². The highest BCUT2D eigenvalue weighted by atomic mass is 32.2. The summed E-state index contributed by atoms with van der Waals surface area (Å²) < 4.78 is 0. The Kier molecular flexibility index (Phi) is 2.10. The third kappa shape index (κ3) is 1.71. The number of hydrogen-bond acceptors (Lipinski definition) is 3. The van der Waals surface area contributed by atoms with Crippen LogP contribution in [0.25, 0.3) is 0 Å². The maximum Gasteiger partial charge on any atom is 0.0925 e. The molecule has 0 N–H and O–H groups in total. The van der Waals surface area contributed by atoms with E-state index in [1.54, 1.807) is 22.8 Å². The topological polar surface area (TPSA) is 30.7 Å². The fourth-order valence-corrected chi connectivity index (χ4v) is 1.03. The van der Waals surface area contributed by atoms with Crippen molar-refractivity contribution in [2.75, 3.05) is 6.26 Å². The van der Waals surface area contributed by atoms with Gasteiger partial charge in [-0.15, -0.1) is 0 Å². The molecule has 0 aliphatic heterocycles. The Morgan fingerprint density at radius 2 is 2.56 bits per heavy atom. The number of nitrogens with zero attached hydrogens (tertiary/aromatic N) is 3. The maximum atomic E-state index is 4.09. The van der Waals surface area contributed by atoms with Gasteiger partial charge in [0.05, 0.1) is 11.9 Å². The van der Waals surface area contributed by atoms with E-state index in [1.165, 1.54) is 0 Å². The summed E-state index contributed by atoms with van der Waals surface area (Å²) in [6.45, 7) is 0. The Bertz CT molecular complexity index is 184. The van der Waals surface area contributed by atoms with Gasteiger partial charge in [-0.3, -0.25) is 0 Å². The molecule has 4 heteroatoms. The lowest BCUT2D eigenvalue weighted by Gasteiger charge is -1.85. The van der Waals surface area contributed by atoms with E-state index in [4.69, 9.17) is 0 Å². The molecule has 3 nitrogen and oxygen atoms in total. The SMILES string of the molecule is CSCc1cnn(C)n1. The van der Waals surface area contributed by atoms with Gasteiger partial charge in [0.2, 0.25) is 0 Å². The normalized spacial score (nSPS) is 10.0. The van der Waals surface area contributed by atoms with Crippen molar-refractivity contribution in [1.82, 2.24) is 15.0 Å². The lowest BCUT2D eigenvalue weighted by atomic mass is 10.6. The smallest absolute Gasteiger partial charge is 0.0925 e. The molecule has 0 bridgehead atoms. The molecule has 1 aromatic heterocycles. The van der Waals surface area contributed by atoms with Crippen molar-refractivity contribution in [3.05, 3.63) is 11.9 Å². The molecule has 0 amide bonds. The van der Waals surface area contributed by atoms with Crippen LogP contribution in [0, 0.1) is 0 Å². The molecule has 9 heavy (non-hydrogen) atoms. The van der Waals surface area contributed by atoms with Gasteiger partial charge in [-0.2, -0.15) is 26.8 Å². The van der Waals surface area contributed by atoms with Crippen molar-refractivity contribution in [1.29, 1.82) is 0 Å². The Hall–Kier alpha value is -0.510. The second-order valence-electron chi connectivity index (χ2n) is 1.76. The molecule has 0 saturated carbocycles. The van der Waals surface area contributed by atoms with Crippen LogP contribution in [0.3, 0.4) is 0 Å². The molecule has 0 fully saturated rings. The summed E-state index contributed by atoms with van der Waals surface area (Å²) in [6.07, 6.45) is 3.84. The number of aromatic nitrogens is 3. The minimum absolute atomic E-state index is 0.952. The third-order valence-electron chi connectivity index (χ3n) is 0.939. The summed E-state index contributed by atoms with van der Waals surface area (Å²) in [6, 6.07) is 0. The van der Waals surface area contributed by atoms with Gasteiger partial charge in [-0.1, -0.05) is 0 Å². The largest absolute Gasteiger partial charge is 0.188 e. The number of rotatable bonds is 2. The van der Waals surface area contributed by atoms with Crippen molar-refractivity contribution in [3.63, 3.8) is 0 Å². The lowest BCUT2D eigenvalue weighted by molar-refractivity contribution is 0.649. The van der Waals surface area contributed by atoms with Crippen molar-refractivity contribution in [2.45, 2.75) is 5.75 Å². The summed E-state index contributed by atoms with van der Waals surface area (Å²) >= 11 is 1.75. The summed E-state index contributed by atoms with van der Waals surface area (Å²) in [7, 11) is 1.82. The lowest BCUT2D eigenvalue weighted by Crippen LogP contribution is -1.92. The second-order valence-corrected chi connectivity index (χ2v) is 2.62. The number of aryl methyl sites for hydroxylation is 1. The monoisotopic (exact) mass is 143 g/mol. The molecule has 1 heterocycles. The summed E-state index contributed by atoms with van der Waals surface area (Å²) in [5, 5.41) is 8.01. The first-order chi connectivity index (χ1) is 4.33. The zero-order valence-electron chi connectivity index (χ0n) is 5.53. The van der Waals surface area contributed by atoms with Crippen LogP contribution < -0.4 is 0 Å². The quantitative estimate of drug-likeness (QED) is 0.610. The first kappa shape index (κ1) is 6.61. The predicted octanol–water partition coefficient (Wildman–Crippen LogP) is 0.678.